The predicted octanol–water partition coefficient (Wildman–Crippen LogP) is 3.63. The molecule has 0 saturated heterocycles. The molecule has 1 aromatic heterocycles. The van der Waals surface area contributed by atoms with Gasteiger partial charge in [-0.1, -0.05) is 32.1 Å². The molecule has 1 fully saturated rings. The van der Waals surface area contributed by atoms with Crippen LogP contribution in [0.1, 0.15) is 66.8 Å². The number of hydrogen-bond acceptors (Lipinski definition) is 3. The molecule has 1 aromatic rings. The Morgan fingerprint density at radius 3 is 2.35 bits per heavy atom. The highest BCUT2D eigenvalue weighted by molar-refractivity contribution is 5.96. The zero-order valence-corrected chi connectivity index (χ0v) is 12.3. The Balaban J connectivity index is 2.14. The average Bonchev–Trinajstić information content (AvgIpc) is 2.72. The predicted molar refractivity (Wildman–Crippen MR) is 76.3 cm³/mol. The van der Waals surface area contributed by atoms with Crippen molar-refractivity contribution in [2.45, 2.75) is 64.3 Å². The van der Waals surface area contributed by atoms with Crippen molar-refractivity contribution in [1.82, 2.24) is 5.32 Å². The van der Waals surface area contributed by atoms with E-state index in [4.69, 9.17) is 4.42 Å². The molecule has 1 aliphatic rings. The summed E-state index contributed by atoms with van der Waals surface area (Å²) in [6, 6.07) is 4.08. The molecule has 1 heterocycles. The monoisotopic (exact) mass is 274 g/mol. The molecule has 0 aliphatic heterocycles. The van der Waals surface area contributed by atoms with E-state index in [9.17, 15) is 10.1 Å². The molecule has 0 aromatic carbocycles. The summed E-state index contributed by atoms with van der Waals surface area (Å²) < 4.78 is 5.39. The Kier molecular flexibility index (Phi) is 4.49. The first-order valence-corrected chi connectivity index (χ1v) is 7.37. The van der Waals surface area contributed by atoms with Crippen LogP contribution in [0.4, 0.5) is 0 Å². The van der Waals surface area contributed by atoms with Gasteiger partial charge in [-0.05, 0) is 32.8 Å². The van der Waals surface area contributed by atoms with E-state index in [-0.39, 0.29) is 5.91 Å². The molecule has 0 atom stereocenters. The quantitative estimate of drug-likeness (QED) is 0.895. The average molecular weight is 274 g/mol. The molecule has 0 radical (unpaired) electrons. The summed E-state index contributed by atoms with van der Waals surface area (Å²) in [4.78, 5) is 12.4. The van der Waals surface area contributed by atoms with Gasteiger partial charge in [0, 0.05) is 0 Å². The van der Waals surface area contributed by atoms with E-state index in [1.54, 1.807) is 13.0 Å². The highest BCUT2D eigenvalue weighted by Crippen LogP contribution is 2.26. The number of nitriles is 1. The van der Waals surface area contributed by atoms with Crippen molar-refractivity contribution in [3.8, 4) is 6.07 Å². The number of nitrogens with one attached hydrogen (secondary N) is 1. The zero-order valence-electron chi connectivity index (χ0n) is 12.3. The van der Waals surface area contributed by atoms with Crippen LogP contribution in [0.3, 0.4) is 0 Å². The summed E-state index contributed by atoms with van der Waals surface area (Å²) in [5.41, 5.74) is -0.172. The molecule has 1 N–H and O–H groups in total. The van der Waals surface area contributed by atoms with Crippen LogP contribution in [-0.2, 0) is 0 Å². The number of furan rings is 1. The third-order valence-electron chi connectivity index (χ3n) is 4.06. The van der Waals surface area contributed by atoms with E-state index in [0.717, 1.165) is 44.3 Å². The van der Waals surface area contributed by atoms with Crippen LogP contribution in [0.15, 0.2) is 10.5 Å². The lowest BCUT2D eigenvalue weighted by Crippen LogP contribution is -2.47. The van der Waals surface area contributed by atoms with Gasteiger partial charge < -0.3 is 9.73 Å². The van der Waals surface area contributed by atoms with Gasteiger partial charge in [0.2, 0.25) is 0 Å². The second-order valence-electron chi connectivity index (χ2n) is 5.74. The van der Waals surface area contributed by atoms with Crippen LogP contribution in [0, 0.1) is 25.2 Å². The summed E-state index contributed by atoms with van der Waals surface area (Å²) in [6.07, 6.45) is 6.99. The summed E-state index contributed by atoms with van der Waals surface area (Å²) in [5, 5.41) is 12.5. The van der Waals surface area contributed by atoms with Crippen molar-refractivity contribution in [1.29, 1.82) is 5.26 Å². The van der Waals surface area contributed by atoms with Crippen LogP contribution in [0.5, 0.6) is 0 Å². The molecular formula is C16H22N2O2. The number of rotatable bonds is 2. The number of nitrogens with zero attached hydrogens (tertiary/aromatic N) is 1. The van der Waals surface area contributed by atoms with E-state index < -0.39 is 5.54 Å². The fourth-order valence-electron chi connectivity index (χ4n) is 2.91. The van der Waals surface area contributed by atoms with Crippen molar-refractivity contribution < 1.29 is 9.21 Å². The molecule has 4 nitrogen and oxygen atoms in total. The lowest BCUT2D eigenvalue weighted by atomic mass is 9.85. The van der Waals surface area contributed by atoms with Gasteiger partial charge in [0.05, 0.1) is 11.6 Å². The minimum atomic E-state index is -0.713. The highest BCUT2D eigenvalue weighted by Gasteiger charge is 2.33. The summed E-state index contributed by atoms with van der Waals surface area (Å²) in [5.74, 6) is 1.14. The lowest BCUT2D eigenvalue weighted by Gasteiger charge is -2.29. The first-order chi connectivity index (χ1) is 9.56. The maximum Gasteiger partial charge on any atom is 0.256 e. The molecule has 0 unspecified atom stereocenters. The van der Waals surface area contributed by atoms with Gasteiger partial charge in [0.25, 0.3) is 5.91 Å². The van der Waals surface area contributed by atoms with Gasteiger partial charge in [-0.25, -0.2) is 0 Å². The van der Waals surface area contributed by atoms with Crippen molar-refractivity contribution in [2.75, 3.05) is 0 Å². The number of hydrogen-bond donors (Lipinski definition) is 1. The molecule has 0 spiro atoms. The third-order valence-corrected chi connectivity index (χ3v) is 4.06. The van der Waals surface area contributed by atoms with E-state index >= 15 is 0 Å². The fourth-order valence-corrected chi connectivity index (χ4v) is 2.91. The van der Waals surface area contributed by atoms with Crippen LogP contribution >= 0.6 is 0 Å². The van der Waals surface area contributed by atoms with E-state index in [2.05, 4.69) is 11.4 Å². The molecule has 2 rings (SSSR count). The second kappa shape index (κ2) is 6.13. The number of carbonyl (C=O) groups is 1. The first-order valence-electron chi connectivity index (χ1n) is 7.37. The molecule has 0 bridgehead atoms. The number of amides is 1. The van der Waals surface area contributed by atoms with Gasteiger partial charge in [-0.3, -0.25) is 4.79 Å². The van der Waals surface area contributed by atoms with Gasteiger partial charge in [0.1, 0.15) is 17.1 Å². The largest absolute Gasteiger partial charge is 0.466 e. The molecule has 1 amide bonds. The Morgan fingerprint density at radius 2 is 1.85 bits per heavy atom. The molecule has 4 heteroatoms. The van der Waals surface area contributed by atoms with E-state index in [1.165, 1.54) is 6.42 Å². The van der Waals surface area contributed by atoms with Gasteiger partial charge in [0.15, 0.2) is 0 Å². The lowest BCUT2D eigenvalue weighted by molar-refractivity contribution is 0.0906. The fraction of sp³-hybridized carbons (Fsp3) is 0.625. The number of aryl methyl sites for hydroxylation is 2. The smallest absolute Gasteiger partial charge is 0.256 e. The Hall–Kier alpha value is -1.76. The number of carbonyl (C=O) groups excluding carboxylic acids is 1. The molecule has 1 saturated carbocycles. The summed E-state index contributed by atoms with van der Waals surface area (Å²) in [7, 11) is 0. The van der Waals surface area contributed by atoms with Crippen molar-refractivity contribution in [2.24, 2.45) is 0 Å². The molecule has 108 valence electrons. The maximum absolute atomic E-state index is 12.4. The molecule has 1 aliphatic carbocycles. The normalized spacial score (nSPS) is 18.6. The van der Waals surface area contributed by atoms with E-state index in [1.807, 2.05) is 6.92 Å². The zero-order chi connectivity index (χ0) is 14.6. The second-order valence-corrected chi connectivity index (χ2v) is 5.74. The van der Waals surface area contributed by atoms with Gasteiger partial charge >= 0.3 is 0 Å². The maximum atomic E-state index is 12.4. The van der Waals surface area contributed by atoms with Crippen LogP contribution in [0.2, 0.25) is 0 Å². The summed E-state index contributed by atoms with van der Waals surface area (Å²) in [6.45, 7) is 3.60. The molecular weight excluding hydrogens is 252 g/mol. The standard InChI is InChI=1S/C16H22N2O2/c1-12-10-14(13(2)20-12)15(19)18-16(11-17)8-6-4-3-5-7-9-16/h10H,3-9H2,1-2H3,(H,18,19). The molecule has 20 heavy (non-hydrogen) atoms. The van der Waals surface area contributed by atoms with Crippen LogP contribution < -0.4 is 5.32 Å². The minimum Gasteiger partial charge on any atom is -0.466 e. The van der Waals surface area contributed by atoms with Crippen LogP contribution in [-0.4, -0.2) is 11.4 Å². The Bertz CT molecular complexity index is 517. The van der Waals surface area contributed by atoms with Crippen LogP contribution in [0.25, 0.3) is 0 Å². The minimum absolute atomic E-state index is 0.193. The Morgan fingerprint density at radius 1 is 1.25 bits per heavy atom. The topological polar surface area (TPSA) is 66.0 Å². The van der Waals surface area contributed by atoms with Crippen molar-refractivity contribution >= 4 is 5.91 Å². The highest BCUT2D eigenvalue weighted by atomic mass is 16.3. The SMILES string of the molecule is Cc1cc(C(=O)NC2(C#N)CCCCCCC2)c(C)o1. The Labute approximate surface area is 120 Å². The van der Waals surface area contributed by atoms with E-state index in [0.29, 0.717) is 11.3 Å². The van der Waals surface area contributed by atoms with Gasteiger partial charge in [-0.2, -0.15) is 5.26 Å². The summed E-state index contributed by atoms with van der Waals surface area (Å²) >= 11 is 0. The van der Waals surface area contributed by atoms with Crippen molar-refractivity contribution in [3.05, 3.63) is 23.2 Å². The van der Waals surface area contributed by atoms with Gasteiger partial charge in [-0.15, -0.1) is 0 Å². The van der Waals surface area contributed by atoms with Crippen molar-refractivity contribution in [3.63, 3.8) is 0 Å². The first kappa shape index (κ1) is 14.6. The third kappa shape index (κ3) is 3.22.